The van der Waals surface area contributed by atoms with Crippen molar-refractivity contribution in [3.8, 4) is 0 Å². The van der Waals surface area contributed by atoms with Gasteiger partial charge in [0.1, 0.15) is 0 Å². The molecule has 6 nitrogen and oxygen atoms in total. The highest BCUT2D eigenvalue weighted by Crippen LogP contribution is 2.25. The molecule has 4 aromatic rings. The van der Waals surface area contributed by atoms with Crippen molar-refractivity contribution in [1.82, 2.24) is 9.97 Å². The zero-order valence-electron chi connectivity index (χ0n) is 15.1. The molecule has 0 spiro atoms. The highest BCUT2D eigenvalue weighted by molar-refractivity contribution is 6.08. The molecular weight excluding hydrogens is 354 g/mol. The molecule has 1 amide bonds. The van der Waals surface area contributed by atoms with E-state index in [1.165, 1.54) is 13.2 Å². The van der Waals surface area contributed by atoms with E-state index in [2.05, 4.69) is 15.3 Å². The van der Waals surface area contributed by atoms with Gasteiger partial charge in [-0.05, 0) is 30.3 Å². The van der Waals surface area contributed by atoms with Crippen LogP contribution in [0.15, 0.2) is 66.9 Å². The molecule has 2 N–H and O–H groups in total. The summed E-state index contributed by atoms with van der Waals surface area (Å²) in [6.45, 7) is 0. The molecule has 0 aliphatic carbocycles. The Morgan fingerprint density at radius 1 is 1.04 bits per heavy atom. The molecular formula is C22H17N3O3. The second-order valence-electron chi connectivity index (χ2n) is 6.19. The van der Waals surface area contributed by atoms with E-state index >= 15 is 0 Å². The van der Waals surface area contributed by atoms with Crippen LogP contribution < -0.4 is 5.32 Å². The van der Waals surface area contributed by atoms with Gasteiger partial charge in [-0.15, -0.1) is 0 Å². The molecule has 6 heteroatoms. The molecule has 0 unspecified atom stereocenters. The summed E-state index contributed by atoms with van der Waals surface area (Å²) in [5, 5.41) is 4.84. The van der Waals surface area contributed by atoms with Gasteiger partial charge in [0.05, 0.1) is 35.8 Å². The van der Waals surface area contributed by atoms with Crippen molar-refractivity contribution >= 4 is 45.4 Å². The molecule has 4 rings (SSSR count). The Kier molecular flexibility index (Phi) is 4.60. The average molecular weight is 371 g/mol. The Balaban J connectivity index is 1.57. The second kappa shape index (κ2) is 7.36. The minimum absolute atomic E-state index is 0.296. The van der Waals surface area contributed by atoms with Crippen LogP contribution in [-0.4, -0.2) is 29.0 Å². The number of anilines is 1. The Morgan fingerprint density at radius 2 is 1.82 bits per heavy atom. The number of benzene rings is 2. The maximum Gasteiger partial charge on any atom is 0.339 e. The van der Waals surface area contributed by atoms with Crippen LogP contribution in [-0.2, 0) is 9.53 Å². The number of nitrogens with zero attached hydrogens (tertiary/aromatic N) is 1. The molecule has 138 valence electrons. The highest BCUT2D eigenvalue weighted by atomic mass is 16.5. The third kappa shape index (κ3) is 3.35. The zero-order chi connectivity index (χ0) is 19.5. The van der Waals surface area contributed by atoms with Crippen molar-refractivity contribution in [1.29, 1.82) is 0 Å². The normalized spacial score (nSPS) is 11.2. The number of methoxy groups -OCH3 is 1. The van der Waals surface area contributed by atoms with Crippen molar-refractivity contribution in [2.24, 2.45) is 0 Å². The lowest BCUT2D eigenvalue weighted by atomic mass is 10.1. The molecule has 0 fully saturated rings. The first kappa shape index (κ1) is 17.5. The topological polar surface area (TPSA) is 84.1 Å². The lowest BCUT2D eigenvalue weighted by Gasteiger charge is -2.07. The number of amides is 1. The monoisotopic (exact) mass is 371 g/mol. The summed E-state index contributed by atoms with van der Waals surface area (Å²) in [5.74, 6) is -0.872. The van der Waals surface area contributed by atoms with E-state index in [1.807, 2.05) is 30.3 Å². The van der Waals surface area contributed by atoms with Crippen LogP contribution >= 0.6 is 0 Å². The largest absolute Gasteiger partial charge is 0.465 e. The summed E-state index contributed by atoms with van der Waals surface area (Å²) in [7, 11) is 1.30. The number of carbonyl (C=O) groups is 2. The van der Waals surface area contributed by atoms with Crippen LogP contribution in [0.1, 0.15) is 16.1 Å². The summed E-state index contributed by atoms with van der Waals surface area (Å²) in [5.41, 5.74) is 3.33. The molecule has 2 heterocycles. The standard InChI is InChI=1S/C22H17N3O3/c1-28-22(27)16-7-3-5-9-19(16)25-21(26)11-10-14-12-17-15-6-2-4-8-18(15)24-20(17)13-23-14/h2-13,24H,1H3,(H,25,26)/b11-10+. The smallest absolute Gasteiger partial charge is 0.339 e. The van der Waals surface area contributed by atoms with Crippen molar-refractivity contribution in [3.63, 3.8) is 0 Å². The van der Waals surface area contributed by atoms with E-state index < -0.39 is 5.97 Å². The molecule has 0 radical (unpaired) electrons. The molecule has 0 atom stereocenters. The van der Waals surface area contributed by atoms with Gasteiger partial charge >= 0.3 is 5.97 Å². The Hall–Kier alpha value is -3.93. The summed E-state index contributed by atoms with van der Waals surface area (Å²) < 4.78 is 4.73. The molecule has 0 saturated heterocycles. The van der Waals surface area contributed by atoms with Crippen LogP contribution in [0.5, 0.6) is 0 Å². The predicted molar refractivity (Wildman–Crippen MR) is 109 cm³/mol. The first-order valence-corrected chi connectivity index (χ1v) is 8.68. The van der Waals surface area contributed by atoms with Gasteiger partial charge in [0.25, 0.3) is 0 Å². The van der Waals surface area contributed by atoms with Crippen LogP contribution in [0.2, 0.25) is 0 Å². The number of para-hydroxylation sites is 2. The third-order valence-electron chi connectivity index (χ3n) is 4.41. The van der Waals surface area contributed by atoms with Gasteiger partial charge in [0, 0.05) is 22.4 Å². The number of H-pyrrole nitrogens is 1. The van der Waals surface area contributed by atoms with Crippen LogP contribution in [0, 0.1) is 0 Å². The molecule has 0 aliphatic rings. The van der Waals surface area contributed by atoms with Gasteiger partial charge in [-0.3, -0.25) is 9.78 Å². The molecule has 28 heavy (non-hydrogen) atoms. The number of aromatic nitrogens is 2. The summed E-state index contributed by atoms with van der Waals surface area (Å²) >= 11 is 0. The molecule has 0 bridgehead atoms. The van der Waals surface area contributed by atoms with Gasteiger partial charge in [-0.2, -0.15) is 0 Å². The van der Waals surface area contributed by atoms with E-state index in [0.717, 1.165) is 21.8 Å². The van der Waals surface area contributed by atoms with Crippen molar-refractivity contribution in [2.75, 3.05) is 12.4 Å². The number of aromatic amines is 1. The highest BCUT2D eigenvalue weighted by Gasteiger charge is 2.12. The average Bonchev–Trinajstić information content (AvgIpc) is 3.10. The predicted octanol–water partition coefficient (Wildman–Crippen LogP) is 4.15. The van der Waals surface area contributed by atoms with Gasteiger partial charge in [-0.25, -0.2) is 4.79 Å². The van der Waals surface area contributed by atoms with Crippen molar-refractivity contribution in [2.45, 2.75) is 0 Å². The quantitative estimate of drug-likeness (QED) is 0.417. The maximum absolute atomic E-state index is 12.3. The first-order chi connectivity index (χ1) is 13.7. The lowest BCUT2D eigenvalue weighted by molar-refractivity contribution is -0.111. The number of ether oxygens (including phenoxy) is 1. The molecule has 2 aromatic carbocycles. The number of fused-ring (bicyclic) bond motifs is 3. The Labute approximate surface area is 160 Å². The van der Waals surface area contributed by atoms with Gasteiger partial charge in [-0.1, -0.05) is 30.3 Å². The fourth-order valence-electron chi connectivity index (χ4n) is 3.07. The number of esters is 1. The fourth-order valence-corrected chi connectivity index (χ4v) is 3.07. The number of pyridine rings is 1. The minimum atomic E-state index is -0.508. The number of hydrogen-bond donors (Lipinski definition) is 2. The summed E-state index contributed by atoms with van der Waals surface area (Å²) in [6.07, 6.45) is 4.77. The Morgan fingerprint density at radius 3 is 2.68 bits per heavy atom. The fraction of sp³-hybridized carbons (Fsp3) is 0.0455. The van der Waals surface area contributed by atoms with Gasteiger partial charge in [0.2, 0.25) is 5.91 Å². The summed E-state index contributed by atoms with van der Waals surface area (Å²) in [6, 6.07) is 16.6. The van der Waals surface area contributed by atoms with E-state index in [-0.39, 0.29) is 5.91 Å². The minimum Gasteiger partial charge on any atom is -0.465 e. The van der Waals surface area contributed by atoms with Crippen LogP contribution in [0.3, 0.4) is 0 Å². The first-order valence-electron chi connectivity index (χ1n) is 8.68. The third-order valence-corrected chi connectivity index (χ3v) is 4.41. The molecule has 0 saturated carbocycles. The van der Waals surface area contributed by atoms with Crippen molar-refractivity contribution in [3.05, 3.63) is 78.1 Å². The number of carbonyl (C=O) groups excluding carboxylic acids is 2. The zero-order valence-corrected chi connectivity index (χ0v) is 15.1. The second-order valence-corrected chi connectivity index (χ2v) is 6.19. The van der Waals surface area contributed by atoms with E-state index in [9.17, 15) is 9.59 Å². The summed E-state index contributed by atoms with van der Waals surface area (Å²) in [4.78, 5) is 31.8. The Bertz CT molecular complexity index is 1220. The molecule has 0 aliphatic heterocycles. The molecule has 2 aromatic heterocycles. The lowest BCUT2D eigenvalue weighted by Crippen LogP contribution is -2.12. The maximum atomic E-state index is 12.3. The SMILES string of the molecule is COC(=O)c1ccccc1NC(=O)/C=C/c1cc2c(cn1)[nH]c1ccccc12. The van der Waals surface area contributed by atoms with Crippen molar-refractivity contribution < 1.29 is 14.3 Å². The number of rotatable bonds is 4. The van der Waals surface area contributed by atoms with Gasteiger partial charge in [0.15, 0.2) is 0 Å². The van der Waals surface area contributed by atoms with E-state index in [0.29, 0.717) is 16.9 Å². The number of hydrogen-bond acceptors (Lipinski definition) is 4. The number of nitrogens with one attached hydrogen (secondary N) is 2. The van der Waals surface area contributed by atoms with Gasteiger partial charge < -0.3 is 15.0 Å². The van der Waals surface area contributed by atoms with E-state index in [1.54, 1.807) is 36.5 Å². The van der Waals surface area contributed by atoms with E-state index in [4.69, 9.17) is 4.74 Å². The van der Waals surface area contributed by atoms with Crippen LogP contribution in [0.25, 0.3) is 27.9 Å². The van der Waals surface area contributed by atoms with Crippen LogP contribution in [0.4, 0.5) is 5.69 Å².